The van der Waals surface area contributed by atoms with Crippen molar-refractivity contribution in [3.63, 3.8) is 0 Å². The van der Waals surface area contributed by atoms with Gasteiger partial charge in [0, 0.05) is 30.3 Å². The minimum Gasteiger partial charge on any atom is -0.134 e. The molecule has 0 bridgehead atoms. The Morgan fingerprint density at radius 1 is 0.389 bits per heavy atom. The largest absolute Gasteiger partial charge is 0.134 e. The lowest BCUT2D eigenvalue weighted by molar-refractivity contribution is 0.766. The SMILES string of the molecule is Cc1ccc(C2(c3ccc(C)cc3)c3cc4c(cc3-c3sc5cc(I)sc5c32)C(c2ccc(C)cc2)(c2ccc(C)cc2)c2c-4sc3cc(I)sc23)cc1. The lowest BCUT2D eigenvalue weighted by Crippen LogP contribution is -2.30. The van der Waals surface area contributed by atoms with Crippen LogP contribution in [0.2, 0.25) is 0 Å². The van der Waals surface area contributed by atoms with Crippen LogP contribution in [0.1, 0.15) is 66.8 Å². The molecule has 0 saturated heterocycles. The van der Waals surface area contributed by atoms with Crippen LogP contribution in [0.5, 0.6) is 0 Å². The van der Waals surface area contributed by atoms with E-state index in [0.29, 0.717) is 0 Å². The van der Waals surface area contributed by atoms with Gasteiger partial charge in [0.05, 0.1) is 26.0 Å². The van der Waals surface area contributed by atoms with Crippen LogP contribution in [0.25, 0.3) is 39.7 Å². The monoisotopic (exact) mass is 990 g/mol. The number of aryl methyl sites for hydroxylation is 4. The highest BCUT2D eigenvalue weighted by Crippen LogP contribution is 2.67. The van der Waals surface area contributed by atoms with E-state index < -0.39 is 10.8 Å². The highest BCUT2D eigenvalue weighted by atomic mass is 127. The Hall–Kier alpha value is -3.12. The van der Waals surface area contributed by atoms with E-state index in [1.165, 1.54) is 112 Å². The molecule has 5 aromatic carbocycles. The van der Waals surface area contributed by atoms with Crippen molar-refractivity contribution >= 4 is 109 Å². The summed E-state index contributed by atoms with van der Waals surface area (Å²) in [6, 6.07) is 47.8. The van der Waals surface area contributed by atoms with Gasteiger partial charge in [-0.05, 0) is 142 Å². The molecule has 0 aliphatic heterocycles. The van der Waals surface area contributed by atoms with Gasteiger partial charge in [0.1, 0.15) is 0 Å². The van der Waals surface area contributed by atoms with Crippen LogP contribution in [-0.4, -0.2) is 0 Å². The maximum atomic E-state index is 2.65. The number of rotatable bonds is 4. The fourth-order valence-corrected chi connectivity index (χ4v) is 16.8. The maximum absolute atomic E-state index is 2.65. The van der Waals surface area contributed by atoms with Crippen molar-refractivity contribution in [3.05, 3.63) is 194 Å². The number of hydrogen-bond acceptors (Lipinski definition) is 4. The number of halogens is 2. The number of hydrogen-bond donors (Lipinski definition) is 0. The second kappa shape index (κ2) is 12.2. The van der Waals surface area contributed by atoms with Crippen molar-refractivity contribution in [2.24, 2.45) is 0 Å². The number of thiophene rings is 4. The first-order valence-corrected chi connectivity index (χ1v) is 23.5. The Morgan fingerprint density at radius 3 is 0.981 bits per heavy atom. The molecule has 0 spiro atoms. The molecule has 0 unspecified atom stereocenters. The van der Waals surface area contributed by atoms with Crippen LogP contribution in [0.15, 0.2) is 121 Å². The standard InChI is InChI=1S/C48H32I2S4/c1-25-5-13-29(14-6-25)47(30-15-7-26(2)8-16-30)35-21-34-36(22-33(35)43-41(47)45-37(51-43)23-39(49)53-45)48(31-17-9-27(3)10-18-31,32-19-11-28(4)12-20-32)42-44(34)52-38-24-40(50)54-46(38)42/h5-24H,1-4H3. The molecule has 0 N–H and O–H groups in total. The Labute approximate surface area is 358 Å². The van der Waals surface area contributed by atoms with E-state index in [-0.39, 0.29) is 0 Å². The zero-order chi connectivity index (χ0) is 36.7. The van der Waals surface area contributed by atoms with Crippen molar-refractivity contribution in [1.29, 1.82) is 0 Å². The molecule has 0 saturated carbocycles. The fraction of sp³-hybridized carbons (Fsp3) is 0.125. The highest BCUT2D eigenvalue weighted by molar-refractivity contribution is 14.1. The third kappa shape index (κ3) is 4.55. The average molecular weight is 991 g/mol. The molecule has 2 aliphatic carbocycles. The first-order chi connectivity index (χ1) is 26.2. The van der Waals surface area contributed by atoms with Crippen molar-refractivity contribution in [3.8, 4) is 20.9 Å². The molecule has 0 fully saturated rings. The summed E-state index contributed by atoms with van der Waals surface area (Å²) < 4.78 is 8.31. The van der Waals surface area contributed by atoms with Gasteiger partial charge in [-0.15, -0.1) is 45.3 Å². The van der Waals surface area contributed by atoms with Gasteiger partial charge in [0.2, 0.25) is 0 Å². The smallest absolute Gasteiger partial charge is 0.0736 e. The Bertz CT molecular complexity index is 2670. The first-order valence-electron chi connectivity index (χ1n) is 18.1. The van der Waals surface area contributed by atoms with E-state index >= 15 is 0 Å². The molecule has 4 aromatic heterocycles. The van der Waals surface area contributed by atoms with Gasteiger partial charge >= 0.3 is 0 Å². The third-order valence-corrected chi connectivity index (χ3v) is 18.2. The van der Waals surface area contributed by atoms with Gasteiger partial charge < -0.3 is 0 Å². The molecule has 0 nitrogen and oxygen atoms in total. The molecule has 11 rings (SSSR count). The molecule has 0 amide bonds. The molecule has 4 heterocycles. The quantitative estimate of drug-likeness (QED) is 0.154. The molecule has 262 valence electrons. The Morgan fingerprint density at radius 2 is 0.685 bits per heavy atom. The Balaban J connectivity index is 1.34. The third-order valence-electron chi connectivity index (χ3n) is 11.8. The predicted octanol–water partition coefficient (Wildman–Crippen LogP) is 15.4. The number of fused-ring (bicyclic) bond motifs is 10. The van der Waals surface area contributed by atoms with Gasteiger partial charge in [-0.1, -0.05) is 119 Å². The lowest BCUT2D eigenvalue weighted by Gasteiger charge is -2.35. The van der Waals surface area contributed by atoms with E-state index in [2.05, 4.69) is 194 Å². The van der Waals surface area contributed by atoms with E-state index in [1.807, 2.05) is 45.3 Å². The van der Waals surface area contributed by atoms with Crippen molar-refractivity contribution in [1.82, 2.24) is 0 Å². The summed E-state index contributed by atoms with van der Waals surface area (Å²) in [5, 5.41) is 0. The minimum atomic E-state index is -0.462. The molecule has 2 aliphatic rings. The summed E-state index contributed by atoms with van der Waals surface area (Å²) in [5.41, 5.74) is 18.0. The van der Waals surface area contributed by atoms with Crippen molar-refractivity contribution in [2.45, 2.75) is 38.5 Å². The summed E-state index contributed by atoms with van der Waals surface area (Å²) in [4.78, 5) is 2.83. The fourth-order valence-electron chi connectivity index (χ4n) is 9.39. The van der Waals surface area contributed by atoms with Gasteiger partial charge in [-0.3, -0.25) is 0 Å². The molecule has 0 radical (unpaired) electrons. The van der Waals surface area contributed by atoms with Crippen molar-refractivity contribution < 1.29 is 0 Å². The number of benzene rings is 5. The summed E-state index contributed by atoms with van der Waals surface area (Å²) in [6.45, 7) is 8.81. The topological polar surface area (TPSA) is 0 Å². The molecule has 54 heavy (non-hydrogen) atoms. The lowest BCUT2D eigenvalue weighted by atomic mass is 9.65. The normalized spacial score (nSPS) is 14.8. The zero-order valence-electron chi connectivity index (χ0n) is 29.9. The molecule has 6 heteroatoms. The molecular formula is C48H32I2S4. The summed E-state index contributed by atoms with van der Waals surface area (Å²) >= 11 is 12.9. The van der Waals surface area contributed by atoms with Crippen LogP contribution in [0.4, 0.5) is 0 Å². The molecule has 9 aromatic rings. The maximum Gasteiger partial charge on any atom is 0.0736 e. The van der Waals surface area contributed by atoms with E-state index in [4.69, 9.17) is 0 Å². The first kappa shape index (κ1) is 34.2. The van der Waals surface area contributed by atoms with Crippen LogP contribution in [-0.2, 0) is 10.8 Å². The summed E-state index contributed by atoms with van der Waals surface area (Å²) in [7, 11) is 0. The van der Waals surface area contributed by atoms with E-state index in [1.54, 1.807) is 0 Å². The van der Waals surface area contributed by atoms with Crippen LogP contribution < -0.4 is 0 Å². The van der Waals surface area contributed by atoms with Crippen LogP contribution >= 0.6 is 90.5 Å². The van der Waals surface area contributed by atoms with Crippen molar-refractivity contribution in [2.75, 3.05) is 0 Å². The van der Waals surface area contributed by atoms with Gasteiger partial charge in [-0.2, -0.15) is 0 Å². The van der Waals surface area contributed by atoms with Gasteiger partial charge in [-0.25, -0.2) is 0 Å². The summed E-state index contributed by atoms with van der Waals surface area (Å²) in [6.07, 6.45) is 0. The van der Waals surface area contributed by atoms with Gasteiger partial charge in [0.15, 0.2) is 0 Å². The molecule has 0 atom stereocenters. The van der Waals surface area contributed by atoms with Crippen LogP contribution in [0, 0.1) is 33.5 Å². The predicted molar refractivity (Wildman–Crippen MR) is 252 cm³/mol. The molecular weight excluding hydrogens is 959 g/mol. The highest BCUT2D eigenvalue weighted by Gasteiger charge is 2.54. The van der Waals surface area contributed by atoms with E-state index in [9.17, 15) is 0 Å². The van der Waals surface area contributed by atoms with Gasteiger partial charge in [0.25, 0.3) is 0 Å². The second-order valence-electron chi connectivity index (χ2n) is 15.0. The zero-order valence-corrected chi connectivity index (χ0v) is 37.5. The minimum absolute atomic E-state index is 0.462. The van der Waals surface area contributed by atoms with Crippen LogP contribution in [0.3, 0.4) is 0 Å². The Kier molecular flexibility index (Phi) is 7.71. The van der Waals surface area contributed by atoms with E-state index in [0.717, 1.165) is 0 Å². The average Bonchev–Trinajstić information content (AvgIpc) is 3.98. The second-order valence-corrected chi connectivity index (χ2v) is 23.0. The summed E-state index contributed by atoms with van der Waals surface area (Å²) in [5.74, 6) is 0.